The Morgan fingerprint density at radius 2 is 2.25 bits per heavy atom. The molecule has 0 aliphatic carbocycles. The lowest BCUT2D eigenvalue weighted by Gasteiger charge is -1.95. The van der Waals surface area contributed by atoms with Gasteiger partial charge in [0.25, 0.3) is 0 Å². The molecule has 0 aromatic heterocycles. The van der Waals surface area contributed by atoms with Gasteiger partial charge < -0.3 is 10.4 Å². The summed E-state index contributed by atoms with van der Waals surface area (Å²) >= 11 is 0. The number of nitrogens with one attached hydrogen (secondary N) is 1. The highest BCUT2D eigenvalue weighted by atomic mass is 16.4. The monoisotopic (exact) mass is 115 g/mol. The molecule has 0 saturated carbocycles. The van der Waals surface area contributed by atoms with Gasteiger partial charge in [-0.2, -0.15) is 0 Å². The van der Waals surface area contributed by atoms with Crippen molar-refractivity contribution in [1.29, 1.82) is 0 Å². The van der Waals surface area contributed by atoms with Crippen molar-refractivity contribution < 1.29 is 9.90 Å². The van der Waals surface area contributed by atoms with E-state index >= 15 is 0 Å². The van der Waals surface area contributed by atoms with E-state index in [1.807, 2.05) is 0 Å². The van der Waals surface area contributed by atoms with Gasteiger partial charge in [-0.05, 0) is 6.92 Å². The standard InChI is InChI=1S/C5H9NO2/c1-3-4(6-2)5(7)8/h3,6H,1-2H3,(H,7,8). The van der Waals surface area contributed by atoms with Crippen molar-refractivity contribution in [3.05, 3.63) is 11.8 Å². The molecule has 46 valence electrons. The molecule has 0 radical (unpaired) electrons. The van der Waals surface area contributed by atoms with Gasteiger partial charge in [0.1, 0.15) is 5.70 Å². The first-order chi connectivity index (χ1) is 3.72. The summed E-state index contributed by atoms with van der Waals surface area (Å²) in [6.45, 7) is 1.67. The number of likely N-dealkylation sites (N-methyl/N-ethyl adjacent to an activating group) is 1. The van der Waals surface area contributed by atoms with E-state index in [2.05, 4.69) is 5.32 Å². The molecular weight excluding hydrogens is 106 g/mol. The SMILES string of the molecule is CC=C(NC)C(=O)O. The van der Waals surface area contributed by atoms with Crippen molar-refractivity contribution in [3.8, 4) is 0 Å². The smallest absolute Gasteiger partial charge is 0.351 e. The van der Waals surface area contributed by atoms with Crippen LogP contribution in [0.2, 0.25) is 0 Å². The molecule has 0 rings (SSSR count). The largest absolute Gasteiger partial charge is 0.477 e. The molecule has 0 fully saturated rings. The molecule has 0 aromatic rings. The van der Waals surface area contributed by atoms with Crippen molar-refractivity contribution >= 4 is 5.97 Å². The van der Waals surface area contributed by atoms with E-state index in [0.717, 1.165) is 0 Å². The summed E-state index contributed by atoms with van der Waals surface area (Å²) in [5.41, 5.74) is 0.227. The molecule has 3 nitrogen and oxygen atoms in total. The van der Waals surface area contributed by atoms with Gasteiger partial charge in [0.15, 0.2) is 0 Å². The first kappa shape index (κ1) is 7.01. The minimum absolute atomic E-state index is 0.227. The number of allylic oxidation sites excluding steroid dienone is 1. The van der Waals surface area contributed by atoms with Gasteiger partial charge in [-0.3, -0.25) is 0 Å². The number of carboxylic acids is 1. The van der Waals surface area contributed by atoms with Crippen LogP contribution in [0.15, 0.2) is 11.8 Å². The van der Waals surface area contributed by atoms with Gasteiger partial charge >= 0.3 is 5.97 Å². The maximum Gasteiger partial charge on any atom is 0.351 e. The first-order valence-corrected chi connectivity index (χ1v) is 2.29. The molecule has 0 aromatic carbocycles. The molecule has 3 heteroatoms. The number of hydrogen-bond acceptors (Lipinski definition) is 2. The highest BCUT2D eigenvalue weighted by Gasteiger charge is 1.98. The van der Waals surface area contributed by atoms with Gasteiger partial charge in [-0.1, -0.05) is 6.08 Å². The number of carboxylic acid groups (broad SMARTS) is 1. The normalized spacial score (nSPS) is 11.0. The lowest BCUT2D eigenvalue weighted by molar-refractivity contribution is -0.133. The van der Waals surface area contributed by atoms with Gasteiger partial charge in [0.05, 0.1) is 0 Å². The zero-order valence-electron chi connectivity index (χ0n) is 4.93. The summed E-state index contributed by atoms with van der Waals surface area (Å²) in [5, 5.41) is 10.8. The lowest BCUT2D eigenvalue weighted by atomic mass is 10.4. The zero-order valence-corrected chi connectivity index (χ0v) is 4.93. The molecule has 0 bridgehead atoms. The quantitative estimate of drug-likeness (QED) is 0.505. The summed E-state index contributed by atoms with van der Waals surface area (Å²) < 4.78 is 0. The summed E-state index contributed by atoms with van der Waals surface area (Å²) in [6, 6.07) is 0. The predicted molar refractivity (Wildman–Crippen MR) is 30.5 cm³/mol. The average molecular weight is 115 g/mol. The number of rotatable bonds is 2. The van der Waals surface area contributed by atoms with E-state index in [0.29, 0.717) is 0 Å². The summed E-state index contributed by atoms with van der Waals surface area (Å²) in [7, 11) is 1.57. The molecule has 0 aliphatic heterocycles. The molecule has 0 heterocycles. The van der Waals surface area contributed by atoms with Crippen molar-refractivity contribution in [2.75, 3.05) is 7.05 Å². The van der Waals surface area contributed by atoms with E-state index in [9.17, 15) is 4.79 Å². The van der Waals surface area contributed by atoms with E-state index in [-0.39, 0.29) is 5.70 Å². The first-order valence-electron chi connectivity index (χ1n) is 2.29. The van der Waals surface area contributed by atoms with Crippen LogP contribution in [-0.2, 0) is 4.79 Å². The Morgan fingerprint density at radius 3 is 2.25 bits per heavy atom. The van der Waals surface area contributed by atoms with Crippen LogP contribution in [0.3, 0.4) is 0 Å². The second kappa shape index (κ2) is 3.07. The Morgan fingerprint density at radius 1 is 1.75 bits per heavy atom. The van der Waals surface area contributed by atoms with Gasteiger partial charge in [0, 0.05) is 7.05 Å². The van der Waals surface area contributed by atoms with Crippen molar-refractivity contribution in [2.24, 2.45) is 0 Å². The average Bonchev–Trinajstić information content (AvgIpc) is 1.69. The molecule has 0 saturated heterocycles. The molecule has 0 spiro atoms. The lowest BCUT2D eigenvalue weighted by Crippen LogP contribution is -2.14. The third-order valence-electron chi connectivity index (χ3n) is 0.788. The second-order valence-corrected chi connectivity index (χ2v) is 1.26. The Bertz CT molecular complexity index is 118. The van der Waals surface area contributed by atoms with E-state index in [1.165, 1.54) is 6.08 Å². The van der Waals surface area contributed by atoms with Gasteiger partial charge in [0.2, 0.25) is 0 Å². The fourth-order valence-corrected chi connectivity index (χ4v) is 0.375. The van der Waals surface area contributed by atoms with Crippen LogP contribution >= 0.6 is 0 Å². The molecule has 8 heavy (non-hydrogen) atoms. The molecule has 2 N–H and O–H groups in total. The minimum Gasteiger partial charge on any atom is -0.477 e. The third kappa shape index (κ3) is 1.64. The van der Waals surface area contributed by atoms with E-state index < -0.39 is 5.97 Å². The highest BCUT2D eigenvalue weighted by molar-refractivity contribution is 5.85. The van der Waals surface area contributed by atoms with Crippen LogP contribution in [0.25, 0.3) is 0 Å². The second-order valence-electron chi connectivity index (χ2n) is 1.26. The number of aliphatic carboxylic acids is 1. The molecule has 0 unspecified atom stereocenters. The van der Waals surface area contributed by atoms with E-state index in [1.54, 1.807) is 14.0 Å². The Kier molecular flexibility index (Phi) is 2.69. The fourth-order valence-electron chi connectivity index (χ4n) is 0.375. The van der Waals surface area contributed by atoms with Crippen LogP contribution in [0.1, 0.15) is 6.92 Å². The van der Waals surface area contributed by atoms with Crippen molar-refractivity contribution in [1.82, 2.24) is 5.32 Å². The minimum atomic E-state index is -0.921. The number of hydrogen-bond donors (Lipinski definition) is 2. The highest BCUT2D eigenvalue weighted by Crippen LogP contribution is 1.83. The predicted octanol–water partition coefficient (Wildman–Crippen LogP) is 0.194. The Labute approximate surface area is 48.0 Å². The van der Waals surface area contributed by atoms with Gasteiger partial charge in [-0.15, -0.1) is 0 Å². The van der Waals surface area contributed by atoms with Crippen LogP contribution in [0, 0.1) is 0 Å². The van der Waals surface area contributed by atoms with Crippen molar-refractivity contribution in [2.45, 2.75) is 6.92 Å². The maximum atomic E-state index is 10.0. The maximum absolute atomic E-state index is 10.0. The topological polar surface area (TPSA) is 49.3 Å². The van der Waals surface area contributed by atoms with Crippen LogP contribution in [0.5, 0.6) is 0 Å². The summed E-state index contributed by atoms with van der Waals surface area (Å²) in [5.74, 6) is -0.921. The summed E-state index contributed by atoms with van der Waals surface area (Å²) in [6.07, 6.45) is 1.50. The number of carbonyl (C=O) groups is 1. The van der Waals surface area contributed by atoms with E-state index in [4.69, 9.17) is 5.11 Å². The summed E-state index contributed by atoms with van der Waals surface area (Å²) in [4.78, 5) is 10.0. The van der Waals surface area contributed by atoms with Gasteiger partial charge in [-0.25, -0.2) is 4.79 Å². The van der Waals surface area contributed by atoms with Crippen LogP contribution < -0.4 is 5.32 Å². The van der Waals surface area contributed by atoms with Crippen LogP contribution in [0.4, 0.5) is 0 Å². The molecule has 0 aliphatic rings. The Hall–Kier alpha value is -0.990. The molecule has 0 atom stereocenters. The molecule has 0 amide bonds. The molecular formula is C5H9NO2. The zero-order chi connectivity index (χ0) is 6.57. The Balaban J connectivity index is 3.92. The third-order valence-corrected chi connectivity index (χ3v) is 0.788. The van der Waals surface area contributed by atoms with Crippen LogP contribution in [-0.4, -0.2) is 18.1 Å². The fraction of sp³-hybridized carbons (Fsp3) is 0.400. The van der Waals surface area contributed by atoms with Crippen molar-refractivity contribution in [3.63, 3.8) is 0 Å².